The van der Waals surface area contributed by atoms with Crippen LogP contribution in [0.5, 0.6) is 0 Å². The molecule has 1 rings (SSSR count). The van der Waals surface area contributed by atoms with Gasteiger partial charge in [0.1, 0.15) is 11.4 Å². The number of Topliss-reactive ketones (excluding diaryl/α,β-unsaturated/α-hetero) is 1. The van der Waals surface area contributed by atoms with Gasteiger partial charge < -0.3 is 4.74 Å². The number of rotatable bonds is 0. The molecule has 1 saturated heterocycles. The average molecular weight is 184 g/mol. The van der Waals surface area contributed by atoms with Crippen molar-refractivity contribution in [2.75, 3.05) is 0 Å². The van der Waals surface area contributed by atoms with Crippen molar-refractivity contribution in [2.24, 2.45) is 5.92 Å². The third-order valence-corrected chi connectivity index (χ3v) is 2.10. The first-order valence-corrected chi connectivity index (χ1v) is 4.62. The van der Waals surface area contributed by atoms with Gasteiger partial charge >= 0.3 is 5.97 Å². The van der Waals surface area contributed by atoms with Gasteiger partial charge in [0.2, 0.25) is 0 Å². The minimum absolute atomic E-state index is 0.121. The molecule has 1 atom stereocenters. The van der Waals surface area contributed by atoms with Crippen molar-refractivity contribution < 1.29 is 14.3 Å². The lowest BCUT2D eigenvalue weighted by Crippen LogP contribution is -2.34. The van der Waals surface area contributed by atoms with Crippen LogP contribution in [-0.2, 0) is 14.3 Å². The standard InChI is InChI=1S/C10H16O3/c1-7-4-8(11)6-10(2,3)13-9(12)5-7/h7H,4-6H2,1-3H3. The molecule has 0 aromatic carbocycles. The fourth-order valence-electron chi connectivity index (χ4n) is 1.68. The Morgan fingerprint density at radius 2 is 1.92 bits per heavy atom. The maximum atomic E-state index is 11.4. The van der Waals surface area contributed by atoms with Crippen LogP contribution in [0.15, 0.2) is 0 Å². The van der Waals surface area contributed by atoms with E-state index in [0.717, 1.165) is 0 Å². The molecule has 13 heavy (non-hydrogen) atoms. The number of carbonyl (C=O) groups is 2. The Morgan fingerprint density at radius 3 is 2.54 bits per heavy atom. The molecule has 1 aliphatic rings. The summed E-state index contributed by atoms with van der Waals surface area (Å²) in [7, 11) is 0. The van der Waals surface area contributed by atoms with Gasteiger partial charge in [-0.3, -0.25) is 9.59 Å². The summed E-state index contributed by atoms with van der Waals surface area (Å²) in [6.07, 6.45) is 1.19. The lowest BCUT2D eigenvalue weighted by atomic mass is 9.92. The van der Waals surface area contributed by atoms with Crippen LogP contribution >= 0.6 is 0 Å². The highest BCUT2D eigenvalue weighted by Gasteiger charge is 2.30. The van der Waals surface area contributed by atoms with E-state index >= 15 is 0 Å². The van der Waals surface area contributed by atoms with Gasteiger partial charge in [0.05, 0.1) is 0 Å². The highest BCUT2D eigenvalue weighted by Crippen LogP contribution is 2.23. The first-order chi connectivity index (χ1) is 5.89. The van der Waals surface area contributed by atoms with Gasteiger partial charge in [-0.1, -0.05) is 6.92 Å². The average Bonchev–Trinajstić information content (AvgIpc) is 1.78. The molecule has 0 N–H and O–H groups in total. The smallest absolute Gasteiger partial charge is 0.306 e. The normalized spacial score (nSPS) is 29.0. The molecule has 0 saturated carbocycles. The molecule has 1 unspecified atom stereocenters. The van der Waals surface area contributed by atoms with E-state index in [1.165, 1.54) is 0 Å². The molecule has 0 aromatic heterocycles. The van der Waals surface area contributed by atoms with Gasteiger partial charge in [0, 0.05) is 19.3 Å². The zero-order valence-corrected chi connectivity index (χ0v) is 8.42. The van der Waals surface area contributed by atoms with Crippen molar-refractivity contribution >= 4 is 11.8 Å². The summed E-state index contributed by atoms with van der Waals surface area (Å²) < 4.78 is 5.16. The first kappa shape index (κ1) is 10.2. The molecule has 0 spiro atoms. The van der Waals surface area contributed by atoms with Crippen LogP contribution < -0.4 is 0 Å². The summed E-state index contributed by atoms with van der Waals surface area (Å²) in [6.45, 7) is 5.45. The zero-order valence-electron chi connectivity index (χ0n) is 8.42. The monoisotopic (exact) mass is 184 g/mol. The number of hydrogen-bond acceptors (Lipinski definition) is 3. The van der Waals surface area contributed by atoms with Gasteiger partial charge in [-0.25, -0.2) is 0 Å². The van der Waals surface area contributed by atoms with Crippen LogP contribution in [0.2, 0.25) is 0 Å². The van der Waals surface area contributed by atoms with Gasteiger partial charge in [0.25, 0.3) is 0 Å². The Bertz CT molecular complexity index is 208. The lowest BCUT2D eigenvalue weighted by Gasteiger charge is -2.28. The van der Waals surface area contributed by atoms with Gasteiger partial charge in [-0.05, 0) is 19.8 Å². The highest BCUT2D eigenvalue weighted by molar-refractivity contribution is 5.82. The van der Waals surface area contributed by atoms with Crippen molar-refractivity contribution in [1.82, 2.24) is 0 Å². The molecule has 0 aliphatic carbocycles. The van der Waals surface area contributed by atoms with Crippen LogP contribution in [0, 0.1) is 5.92 Å². The Kier molecular flexibility index (Phi) is 2.74. The molecule has 0 bridgehead atoms. The second-order valence-electron chi connectivity index (χ2n) is 4.46. The molecular formula is C10H16O3. The van der Waals surface area contributed by atoms with Crippen molar-refractivity contribution in [3.63, 3.8) is 0 Å². The van der Waals surface area contributed by atoms with E-state index in [1.807, 2.05) is 6.92 Å². The molecular weight excluding hydrogens is 168 g/mol. The maximum Gasteiger partial charge on any atom is 0.306 e. The number of hydrogen-bond donors (Lipinski definition) is 0. The quantitative estimate of drug-likeness (QED) is 0.538. The number of carbonyl (C=O) groups excluding carboxylic acids is 2. The van der Waals surface area contributed by atoms with Crippen LogP contribution in [0.4, 0.5) is 0 Å². The molecule has 0 radical (unpaired) electrons. The molecule has 0 amide bonds. The Labute approximate surface area is 78.5 Å². The zero-order chi connectivity index (χ0) is 10.1. The van der Waals surface area contributed by atoms with Crippen LogP contribution in [0.1, 0.15) is 40.0 Å². The minimum atomic E-state index is -0.617. The van der Waals surface area contributed by atoms with E-state index < -0.39 is 5.60 Å². The van der Waals surface area contributed by atoms with Crippen molar-refractivity contribution in [2.45, 2.75) is 45.6 Å². The molecule has 1 heterocycles. The Morgan fingerprint density at radius 1 is 1.31 bits per heavy atom. The number of cyclic esters (lactones) is 1. The fourth-order valence-corrected chi connectivity index (χ4v) is 1.68. The largest absolute Gasteiger partial charge is 0.459 e. The van der Waals surface area contributed by atoms with Crippen molar-refractivity contribution in [1.29, 1.82) is 0 Å². The van der Waals surface area contributed by atoms with E-state index in [-0.39, 0.29) is 17.7 Å². The number of ether oxygens (including phenoxy) is 1. The van der Waals surface area contributed by atoms with Gasteiger partial charge in [0.15, 0.2) is 0 Å². The molecule has 74 valence electrons. The van der Waals surface area contributed by atoms with Crippen molar-refractivity contribution in [3.05, 3.63) is 0 Å². The third kappa shape index (κ3) is 3.17. The molecule has 3 nitrogen and oxygen atoms in total. The number of ketones is 1. The Hall–Kier alpha value is -0.860. The fraction of sp³-hybridized carbons (Fsp3) is 0.800. The van der Waals surface area contributed by atoms with E-state index in [0.29, 0.717) is 19.3 Å². The lowest BCUT2D eigenvalue weighted by molar-refractivity contribution is -0.161. The Balaban J connectivity index is 2.70. The van der Waals surface area contributed by atoms with Crippen LogP contribution in [0.25, 0.3) is 0 Å². The van der Waals surface area contributed by atoms with Gasteiger partial charge in [-0.2, -0.15) is 0 Å². The molecule has 1 fully saturated rings. The minimum Gasteiger partial charge on any atom is -0.459 e. The molecule has 1 aliphatic heterocycles. The SMILES string of the molecule is CC1CC(=O)CC(C)(C)OC(=O)C1. The van der Waals surface area contributed by atoms with E-state index in [1.54, 1.807) is 13.8 Å². The summed E-state index contributed by atoms with van der Waals surface area (Å²) in [5, 5.41) is 0. The summed E-state index contributed by atoms with van der Waals surface area (Å²) in [5.74, 6) is 0.117. The predicted octanol–water partition coefficient (Wildman–Crippen LogP) is 1.70. The van der Waals surface area contributed by atoms with E-state index in [9.17, 15) is 9.59 Å². The number of esters is 1. The highest BCUT2D eigenvalue weighted by atomic mass is 16.6. The van der Waals surface area contributed by atoms with Crippen molar-refractivity contribution in [3.8, 4) is 0 Å². The second kappa shape index (κ2) is 3.48. The third-order valence-electron chi connectivity index (χ3n) is 2.10. The summed E-state index contributed by atoms with van der Waals surface area (Å²) >= 11 is 0. The summed E-state index contributed by atoms with van der Waals surface area (Å²) in [5.41, 5.74) is -0.617. The van der Waals surface area contributed by atoms with Crippen LogP contribution in [0.3, 0.4) is 0 Å². The van der Waals surface area contributed by atoms with Crippen LogP contribution in [-0.4, -0.2) is 17.4 Å². The van der Waals surface area contributed by atoms with Gasteiger partial charge in [-0.15, -0.1) is 0 Å². The van der Waals surface area contributed by atoms with E-state index in [4.69, 9.17) is 4.74 Å². The van der Waals surface area contributed by atoms with E-state index in [2.05, 4.69) is 0 Å². The second-order valence-corrected chi connectivity index (χ2v) is 4.46. The maximum absolute atomic E-state index is 11.4. The topological polar surface area (TPSA) is 43.4 Å². The molecule has 0 aromatic rings. The first-order valence-electron chi connectivity index (χ1n) is 4.62. The molecule has 3 heteroatoms. The predicted molar refractivity (Wildman–Crippen MR) is 48.2 cm³/mol. The summed E-state index contributed by atoms with van der Waals surface area (Å²) in [4.78, 5) is 22.6. The summed E-state index contributed by atoms with van der Waals surface area (Å²) in [6, 6.07) is 0.